The van der Waals surface area contributed by atoms with Gasteiger partial charge in [-0.05, 0) is 70.2 Å². The smallest absolute Gasteiger partial charge is 0.329 e. The predicted molar refractivity (Wildman–Crippen MR) is 226 cm³/mol. The fourth-order valence-corrected chi connectivity index (χ4v) is 10.7. The number of halogens is 4. The van der Waals surface area contributed by atoms with Gasteiger partial charge in [0, 0.05) is 69.9 Å². The van der Waals surface area contributed by atoms with Crippen molar-refractivity contribution in [1.29, 1.82) is 0 Å². The number of nitrogens with one attached hydrogen (secondary N) is 2. The maximum Gasteiger partial charge on any atom is 0.329 e. The zero-order valence-electron chi connectivity index (χ0n) is 35.5. The number of aryl methyl sites for hydroxylation is 1. The summed E-state index contributed by atoms with van der Waals surface area (Å²) in [7, 11) is 1.63. The largest absolute Gasteiger partial charge is 0.375 e. The summed E-state index contributed by atoms with van der Waals surface area (Å²) < 4.78 is 72.3. The quantitative estimate of drug-likeness (QED) is 0.157. The van der Waals surface area contributed by atoms with Crippen LogP contribution in [0.25, 0.3) is 16.7 Å². The van der Waals surface area contributed by atoms with E-state index in [4.69, 9.17) is 4.74 Å². The maximum absolute atomic E-state index is 16.1. The SMILES string of the molecule is C[C@@H]1CN(c2ccn3ncc(C(=O)Nc4cn(C5CCC(N6CCC(C7CN(c8cccc9c8n(C)c(=O)n9C8CCC(=O)NC8=O)C7)C(F)(F)C6)CC5)nc4C(F)F)c3n2)CCO1. The topological polar surface area (TPSA) is 169 Å². The lowest BCUT2D eigenvalue weighted by Gasteiger charge is -2.51. The summed E-state index contributed by atoms with van der Waals surface area (Å²) in [6.45, 7) is 4.73. The highest BCUT2D eigenvalue weighted by Gasteiger charge is 2.52. The van der Waals surface area contributed by atoms with Gasteiger partial charge in [-0.2, -0.15) is 10.2 Å². The van der Waals surface area contributed by atoms with Crippen LogP contribution in [0.15, 0.2) is 47.7 Å². The first-order chi connectivity index (χ1) is 30.7. The number of anilines is 3. The van der Waals surface area contributed by atoms with E-state index < -0.39 is 41.8 Å². The highest BCUT2D eigenvalue weighted by atomic mass is 19.3. The van der Waals surface area contributed by atoms with Crippen molar-refractivity contribution in [3.8, 4) is 0 Å². The Morgan fingerprint density at radius 3 is 2.50 bits per heavy atom. The minimum atomic E-state index is -2.95. The van der Waals surface area contributed by atoms with Crippen LogP contribution in [0.2, 0.25) is 0 Å². The average Bonchev–Trinajstić information content (AvgIpc) is 3.95. The third kappa shape index (κ3) is 7.48. The minimum absolute atomic E-state index is 0.0139. The molecular weight excluding hydrogens is 841 g/mol. The molecule has 64 heavy (non-hydrogen) atoms. The lowest BCUT2D eigenvalue weighted by atomic mass is 9.76. The van der Waals surface area contributed by atoms with E-state index in [1.165, 1.54) is 30.7 Å². The van der Waals surface area contributed by atoms with E-state index in [9.17, 15) is 28.0 Å². The Bertz CT molecular complexity index is 2680. The van der Waals surface area contributed by atoms with E-state index in [0.29, 0.717) is 88.3 Å². The van der Waals surface area contributed by atoms with Gasteiger partial charge in [0.15, 0.2) is 11.3 Å². The first kappa shape index (κ1) is 42.1. The van der Waals surface area contributed by atoms with Crippen molar-refractivity contribution in [3.63, 3.8) is 0 Å². The third-order valence-corrected chi connectivity index (χ3v) is 14.0. The number of piperidine rings is 2. The predicted octanol–water partition coefficient (Wildman–Crippen LogP) is 4.55. The lowest BCUT2D eigenvalue weighted by molar-refractivity contribution is -0.142. The number of hydrogen-bond donors (Lipinski definition) is 2. The number of rotatable bonds is 9. The van der Waals surface area contributed by atoms with Crippen LogP contribution in [-0.2, 0) is 21.4 Å². The summed E-state index contributed by atoms with van der Waals surface area (Å²) in [6.07, 6.45) is 4.49. The Morgan fingerprint density at radius 1 is 0.984 bits per heavy atom. The van der Waals surface area contributed by atoms with Crippen LogP contribution in [0.4, 0.5) is 34.8 Å². The number of fused-ring (bicyclic) bond motifs is 2. The van der Waals surface area contributed by atoms with Crippen molar-refractivity contribution in [2.45, 2.75) is 88.4 Å². The van der Waals surface area contributed by atoms with E-state index in [2.05, 4.69) is 30.7 Å². The molecule has 0 radical (unpaired) electrons. The Kier molecular flexibility index (Phi) is 10.7. The van der Waals surface area contributed by atoms with Gasteiger partial charge in [-0.15, -0.1) is 0 Å². The molecule has 2 unspecified atom stereocenters. The summed E-state index contributed by atoms with van der Waals surface area (Å²) in [5.74, 6) is -4.89. The van der Waals surface area contributed by atoms with Gasteiger partial charge in [0.2, 0.25) is 11.8 Å². The van der Waals surface area contributed by atoms with Gasteiger partial charge in [-0.25, -0.2) is 31.9 Å². The highest BCUT2D eigenvalue weighted by Crippen LogP contribution is 2.45. The molecule has 1 aromatic carbocycles. The van der Waals surface area contributed by atoms with Crippen molar-refractivity contribution < 1.29 is 36.7 Å². The van der Waals surface area contributed by atoms with Crippen LogP contribution in [0, 0.1) is 11.8 Å². The summed E-state index contributed by atoms with van der Waals surface area (Å²) in [5, 5.41) is 13.4. The minimum Gasteiger partial charge on any atom is -0.375 e. The molecule has 4 saturated heterocycles. The Labute approximate surface area is 364 Å². The van der Waals surface area contributed by atoms with Crippen LogP contribution >= 0.6 is 0 Å². The standard InChI is InChI=1S/C43H50F4N12O5/c1-24-19-54(16-17-64-24)34-13-15-57-39(50-34)28(18-48-57)40(61)49-30-22-58(52-36(30)38(44)45)27-8-6-26(7-9-27)55-14-12-29(43(46,47)23-55)25-20-56(21-25)31-4-3-5-32-37(31)53(2)42(63)59(32)33-10-11-35(60)51-41(33)62/h3-5,13,15,18,22,24-27,29,33,38H,6-12,14,16-17,19-21,23H2,1-2H3,(H,49,61)(H,51,60,62)/t24-,26?,27?,29?,33?/m1/s1. The molecule has 5 aromatic rings. The monoisotopic (exact) mass is 890 g/mol. The number of imide groups is 1. The number of carbonyl (C=O) groups excluding carboxylic acids is 3. The van der Waals surface area contributed by atoms with E-state index in [-0.39, 0.29) is 72.0 Å². The molecular formula is C43H50F4N12O5. The molecule has 3 amide bonds. The zero-order valence-corrected chi connectivity index (χ0v) is 35.5. The molecule has 3 atom stereocenters. The van der Waals surface area contributed by atoms with Gasteiger partial charge in [0.25, 0.3) is 18.3 Å². The first-order valence-corrected chi connectivity index (χ1v) is 22.0. The molecule has 10 rings (SSSR count). The van der Waals surface area contributed by atoms with Crippen molar-refractivity contribution in [2.75, 3.05) is 61.0 Å². The molecule has 8 heterocycles. The van der Waals surface area contributed by atoms with Crippen LogP contribution in [0.5, 0.6) is 0 Å². The van der Waals surface area contributed by atoms with E-state index in [1.807, 2.05) is 22.8 Å². The van der Waals surface area contributed by atoms with Crippen LogP contribution < -0.4 is 26.1 Å². The fourth-order valence-electron chi connectivity index (χ4n) is 10.7. The number of alkyl halides is 4. The average molecular weight is 891 g/mol. The molecule has 0 bridgehead atoms. The van der Waals surface area contributed by atoms with Gasteiger partial charge >= 0.3 is 5.69 Å². The van der Waals surface area contributed by atoms with Crippen LogP contribution in [0.1, 0.15) is 86.4 Å². The van der Waals surface area contributed by atoms with Crippen molar-refractivity contribution in [2.24, 2.45) is 18.9 Å². The number of carbonyl (C=O) groups is 3. The number of morpholine rings is 1. The molecule has 0 spiro atoms. The molecule has 1 aliphatic carbocycles. The molecule has 2 N–H and O–H groups in total. The molecule has 340 valence electrons. The van der Waals surface area contributed by atoms with Crippen molar-refractivity contribution >= 4 is 51.6 Å². The Hall–Kier alpha value is -5.83. The van der Waals surface area contributed by atoms with Gasteiger partial charge in [0.1, 0.15) is 17.4 Å². The first-order valence-electron chi connectivity index (χ1n) is 22.0. The zero-order chi connectivity index (χ0) is 44.6. The van der Waals surface area contributed by atoms with Gasteiger partial charge in [-0.3, -0.25) is 38.4 Å². The molecule has 4 aromatic heterocycles. The molecule has 4 aliphatic heterocycles. The number of imidazole rings is 1. The second kappa shape index (κ2) is 16.3. The van der Waals surface area contributed by atoms with Crippen LogP contribution in [0.3, 0.4) is 0 Å². The number of amides is 3. The number of nitrogens with zero attached hydrogens (tertiary/aromatic N) is 10. The molecule has 17 nitrogen and oxygen atoms in total. The number of hydrogen-bond acceptors (Lipinski definition) is 11. The second-order valence-electron chi connectivity index (χ2n) is 18.0. The summed E-state index contributed by atoms with van der Waals surface area (Å²) >= 11 is 0. The Balaban J connectivity index is 0.758. The molecule has 5 fully saturated rings. The second-order valence-corrected chi connectivity index (χ2v) is 18.0. The van der Waals surface area contributed by atoms with E-state index >= 15 is 8.78 Å². The number of aromatic nitrogens is 7. The van der Waals surface area contributed by atoms with Crippen LogP contribution in [-0.4, -0.2) is 120 Å². The Morgan fingerprint density at radius 2 is 1.77 bits per heavy atom. The molecule has 21 heteroatoms. The normalized spacial score (nSPS) is 25.9. The van der Waals surface area contributed by atoms with Gasteiger partial charge in [0.05, 0.1) is 53.9 Å². The summed E-state index contributed by atoms with van der Waals surface area (Å²) in [6, 6.07) is 6.05. The highest BCUT2D eigenvalue weighted by molar-refractivity contribution is 6.08. The van der Waals surface area contributed by atoms with Gasteiger partial charge in [-0.1, -0.05) is 6.07 Å². The van der Waals surface area contributed by atoms with E-state index in [0.717, 1.165) is 5.69 Å². The van der Waals surface area contributed by atoms with Crippen molar-refractivity contribution in [3.05, 3.63) is 64.6 Å². The number of likely N-dealkylation sites (tertiary alicyclic amines) is 1. The van der Waals surface area contributed by atoms with Crippen molar-refractivity contribution in [1.82, 2.24) is 43.7 Å². The lowest BCUT2D eigenvalue weighted by Crippen LogP contribution is -2.60. The number of benzene rings is 1. The summed E-state index contributed by atoms with van der Waals surface area (Å²) in [5.41, 5.74) is 1.27. The number of ether oxygens (including phenoxy) is 1. The van der Waals surface area contributed by atoms with E-state index in [1.54, 1.807) is 31.4 Å². The molecule has 1 saturated carbocycles. The van der Waals surface area contributed by atoms with Gasteiger partial charge < -0.3 is 19.9 Å². The number of para-hydroxylation sites is 1. The summed E-state index contributed by atoms with van der Waals surface area (Å²) in [4.78, 5) is 62.1. The third-order valence-electron chi connectivity index (χ3n) is 14.0. The fraction of sp³-hybridized carbons (Fsp3) is 0.558. The maximum atomic E-state index is 16.1. The molecule has 5 aliphatic rings.